The number of hydrogen-bond donors (Lipinski definition) is 1. The van der Waals surface area contributed by atoms with Crippen LogP contribution in [0.1, 0.15) is 44.1 Å². The molecule has 4 rings (SSSR count). The van der Waals surface area contributed by atoms with Gasteiger partial charge < -0.3 is 5.32 Å². The lowest BCUT2D eigenvalue weighted by Crippen LogP contribution is -2.63. The summed E-state index contributed by atoms with van der Waals surface area (Å²) in [6.45, 7) is 3.29. The molecule has 0 bridgehead atoms. The average Bonchev–Trinajstić information content (AvgIpc) is 3.23. The number of nitrogens with zero attached hydrogens (tertiary/aromatic N) is 1. The zero-order valence-electron chi connectivity index (χ0n) is 12.7. The molecule has 114 valence electrons. The molecule has 2 saturated carbocycles. The number of nitrogens with one attached hydrogen (secondary N) is 1. The SMILES string of the molecule is Fc1ccc(CN2CC3(CCCC3)NCC2C2CC2)cc1. The Labute approximate surface area is 126 Å². The molecule has 1 spiro atoms. The zero-order valence-corrected chi connectivity index (χ0v) is 12.7. The van der Waals surface area contributed by atoms with E-state index < -0.39 is 0 Å². The zero-order chi connectivity index (χ0) is 14.3. The van der Waals surface area contributed by atoms with E-state index >= 15 is 0 Å². The third-order valence-corrected chi connectivity index (χ3v) is 5.69. The van der Waals surface area contributed by atoms with Crippen LogP contribution in [0.4, 0.5) is 4.39 Å². The van der Waals surface area contributed by atoms with Gasteiger partial charge in [0, 0.05) is 31.2 Å². The molecule has 1 aromatic carbocycles. The van der Waals surface area contributed by atoms with Gasteiger partial charge in [-0.1, -0.05) is 25.0 Å². The van der Waals surface area contributed by atoms with E-state index in [9.17, 15) is 4.39 Å². The van der Waals surface area contributed by atoms with Gasteiger partial charge in [0.15, 0.2) is 0 Å². The highest BCUT2D eigenvalue weighted by molar-refractivity contribution is 5.17. The van der Waals surface area contributed by atoms with Crippen LogP contribution in [0.2, 0.25) is 0 Å². The summed E-state index contributed by atoms with van der Waals surface area (Å²) in [6, 6.07) is 7.76. The molecule has 1 saturated heterocycles. The monoisotopic (exact) mass is 288 g/mol. The van der Waals surface area contributed by atoms with E-state index in [0.29, 0.717) is 11.6 Å². The van der Waals surface area contributed by atoms with Crippen LogP contribution < -0.4 is 5.32 Å². The molecule has 0 amide bonds. The Morgan fingerprint density at radius 1 is 1.14 bits per heavy atom. The lowest BCUT2D eigenvalue weighted by atomic mass is 9.90. The second-order valence-corrected chi connectivity index (χ2v) is 7.30. The van der Waals surface area contributed by atoms with E-state index in [2.05, 4.69) is 10.2 Å². The number of hydrogen-bond acceptors (Lipinski definition) is 2. The smallest absolute Gasteiger partial charge is 0.123 e. The normalized spacial score (nSPS) is 29.1. The molecule has 2 nitrogen and oxygen atoms in total. The summed E-state index contributed by atoms with van der Waals surface area (Å²) in [7, 11) is 0. The molecule has 1 aliphatic heterocycles. The molecule has 3 aliphatic rings. The fourth-order valence-corrected chi connectivity index (χ4v) is 4.34. The van der Waals surface area contributed by atoms with Crippen molar-refractivity contribution in [2.24, 2.45) is 5.92 Å². The highest BCUT2D eigenvalue weighted by Gasteiger charge is 2.45. The summed E-state index contributed by atoms with van der Waals surface area (Å²) in [5, 5.41) is 3.89. The second kappa shape index (κ2) is 5.36. The standard InChI is InChI=1S/C18H25FN2/c19-16-7-3-14(4-8-16)12-21-13-18(9-1-2-10-18)20-11-17(21)15-5-6-15/h3-4,7-8,15,17,20H,1-2,5-6,9-13H2. The molecule has 21 heavy (non-hydrogen) atoms. The van der Waals surface area contributed by atoms with Crippen LogP contribution in [-0.2, 0) is 6.54 Å². The van der Waals surface area contributed by atoms with Crippen LogP contribution in [0.5, 0.6) is 0 Å². The molecule has 3 heteroatoms. The number of piperazine rings is 1. The molecule has 1 atom stereocenters. The first-order chi connectivity index (χ1) is 10.2. The van der Waals surface area contributed by atoms with Crippen molar-refractivity contribution < 1.29 is 4.39 Å². The van der Waals surface area contributed by atoms with Gasteiger partial charge in [0.1, 0.15) is 5.82 Å². The maximum atomic E-state index is 13.1. The van der Waals surface area contributed by atoms with Crippen LogP contribution in [0.3, 0.4) is 0 Å². The van der Waals surface area contributed by atoms with Crippen molar-refractivity contribution in [2.75, 3.05) is 13.1 Å². The first kappa shape index (κ1) is 13.7. The molecular formula is C18H25FN2. The number of benzene rings is 1. The minimum absolute atomic E-state index is 0.134. The predicted octanol–water partition coefficient (Wildman–Crippen LogP) is 3.32. The van der Waals surface area contributed by atoms with Gasteiger partial charge in [0.05, 0.1) is 0 Å². The summed E-state index contributed by atoms with van der Waals surface area (Å²) in [4.78, 5) is 2.69. The third-order valence-electron chi connectivity index (χ3n) is 5.69. The highest BCUT2D eigenvalue weighted by atomic mass is 19.1. The minimum atomic E-state index is -0.134. The molecule has 3 fully saturated rings. The Morgan fingerprint density at radius 2 is 1.86 bits per heavy atom. The van der Waals surface area contributed by atoms with Gasteiger partial charge in [0.2, 0.25) is 0 Å². The van der Waals surface area contributed by atoms with Gasteiger partial charge in [-0.15, -0.1) is 0 Å². The first-order valence-corrected chi connectivity index (χ1v) is 8.48. The summed E-state index contributed by atoms with van der Waals surface area (Å²) in [6.07, 6.45) is 8.16. The molecular weight excluding hydrogens is 263 g/mol. The van der Waals surface area contributed by atoms with Gasteiger partial charge in [0.25, 0.3) is 0 Å². The largest absolute Gasteiger partial charge is 0.308 e. The number of rotatable bonds is 3. The molecule has 0 aromatic heterocycles. The quantitative estimate of drug-likeness (QED) is 0.918. The van der Waals surface area contributed by atoms with E-state index in [1.54, 1.807) is 12.1 Å². The topological polar surface area (TPSA) is 15.3 Å². The van der Waals surface area contributed by atoms with Crippen LogP contribution >= 0.6 is 0 Å². The van der Waals surface area contributed by atoms with Gasteiger partial charge in [-0.2, -0.15) is 0 Å². The van der Waals surface area contributed by atoms with Gasteiger partial charge >= 0.3 is 0 Å². The van der Waals surface area contributed by atoms with E-state index in [1.165, 1.54) is 50.6 Å². The van der Waals surface area contributed by atoms with Gasteiger partial charge in [-0.25, -0.2) is 4.39 Å². The molecule has 1 N–H and O–H groups in total. The maximum absolute atomic E-state index is 13.1. The number of halogens is 1. The van der Waals surface area contributed by atoms with Gasteiger partial charge in [-0.05, 0) is 49.3 Å². The summed E-state index contributed by atoms with van der Waals surface area (Å²) < 4.78 is 13.1. The van der Waals surface area contributed by atoms with E-state index in [4.69, 9.17) is 0 Å². The molecule has 0 radical (unpaired) electrons. The van der Waals surface area contributed by atoms with Crippen molar-refractivity contribution >= 4 is 0 Å². The van der Waals surface area contributed by atoms with Crippen LogP contribution in [0.15, 0.2) is 24.3 Å². The van der Waals surface area contributed by atoms with Crippen molar-refractivity contribution in [3.8, 4) is 0 Å². The first-order valence-electron chi connectivity index (χ1n) is 8.48. The predicted molar refractivity (Wildman–Crippen MR) is 82.5 cm³/mol. The molecule has 1 unspecified atom stereocenters. The summed E-state index contributed by atoms with van der Waals surface area (Å²) in [5.74, 6) is 0.752. The Morgan fingerprint density at radius 3 is 2.52 bits per heavy atom. The van der Waals surface area contributed by atoms with Crippen LogP contribution in [0, 0.1) is 11.7 Å². The van der Waals surface area contributed by atoms with E-state index in [1.807, 2.05) is 12.1 Å². The van der Waals surface area contributed by atoms with E-state index in [0.717, 1.165) is 19.0 Å². The highest BCUT2D eigenvalue weighted by Crippen LogP contribution is 2.41. The lowest BCUT2D eigenvalue weighted by molar-refractivity contribution is 0.0627. The van der Waals surface area contributed by atoms with Crippen molar-refractivity contribution in [1.29, 1.82) is 0 Å². The van der Waals surface area contributed by atoms with Crippen molar-refractivity contribution in [3.05, 3.63) is 35.6 Å². The van der Waals surface area contributed by atoms with Crippen molar-refractivity contribution in [1.82, 2.24) is 10.2 Å². The summed E-state index contributed by atoms with van der Waals surface area (Å²) >= 11 is 0. The maximum Gasteiger partial charge on any atom is 0.123 e. The second-order valence-electron chi connectivity index (χ2n) is 7.30. The van der Waals surface area contributed by atoms with Crippen molar-refractivity contribution in [2.45, 2.75) is 56.7 Å². The Hall–Kier alpha value is -0.930. The lowest BCUT2D eigenvalue weighted by Gasteiger charge is -2.47. The van der Waals surface area contributed by atoms with E-state index in [-0.39, 0.29) is 5.82 Å². The van der Waals surface area contributed by atoms with Gasteiger partial charge in [-0.3, -0.25) is 4.90 Å². The van der Waals surface area contributed by atoms with Crippen LogP contribution in [0.25, 0.3) is 0 Å². The fourth-order valence-electron chi connectivity index (χ4n) is 4.34. The Bertz CT molecular complexity index is 488. The molecule has 1 aromatic rings. The average molecular weight is 288 g/mol. The summed E-state index contributed by atoms with van der Waals surface area (Å²) in [5.41, 5.74) is 1.61. The fraction of sp³-hybridized carbons (Fsp3) is 0.667. The third kappa shape index (κ3) is 2.86. The Balaban J connectivity index is 1.51. The van der Waals surface area contributed by atoms with Crippen molar-refractivity contribution in [3.63, 3.8) is 0 Å². The molecule has 1 heterocycles. The Kier molecular flexibility index (Phi) is 3.50. The minimum Gasteiger partial charge on any atom is -0.308 e. The molecule has 2 aliphatic carbocycles. The van der Waals surface area contributed by atoms with Crippen LogP contribution in [-0.4, -0.2) is 29.6 Å².